The molecule has 2 rings (SSSR count). The van der Waals surface area contributed by atoms with Crippen molar-refractivity contribution in [3.8, 4) is 0 Å². The van der Waals surface area contributed by atoms with E-state index in [9.17, 15) is 9.90 Å². The minimum Gasteiger partial charge on any atom is -0.481 e. The topological polar surface area (TPSA) is 55.1 Å². The average molecular weight is 264 g/mol. The fourth-order valence-electron chi connectivity index (χ4n) is 3.34. The molecular weight excluding hydrogens is 240 g/mol. The predicted molar refractivity (Wildman–Crippen MR) is 73.9 cm³/mol. The SMILES string of the molecule is CCC1CCC(C(=O)O)C(Cc2nccn2CC)C1. The molecule has 1 saturated carbocycles. The molecule has 4 nitrogen and oxygen atoms in total. The van der Waals surface area contributed by atoms with Crippen LogP contribution >= 0.6 is 0 Å². The quantitative estimate of drug-likeness (QED) is 0.889. The average Bonchev–Trinajstić information content (AvgIpc) is 2.85. The molecule has 0 radical (unpaired) electrons. The van der Waals surface area contributed by atoms with Crippen LogP contribution in [0.25, 0.3) is 0 Å². The summed E-state index contributed by atoms with van der Waals surface area (Å²) < 4.78 is 2.12. The number of aryl methyl sites for hydroxylation is 1. The van der Waals surface area contributed by atoms with Crippen LogP contribution < -0.4 is 0 Å². The highest BCUT2D eigenvalue weighted by Crippen LogP contribution is 2.37. The lowest BCUT2D eigenvalue weighted by Gasteiger charge is -2.33. The molecule has 1 aromatic rings. The Morgan fingerprint density at radius 3 is 2.89 bits per heavy atom. The molecule has 0 amide bonds. The number of rotatable bonds is 5. The second-order valence-corrected chi connectivity index (χ2v) is 5.63. The molecule has 1 aliphatic rings. The zero-order chi connectivity index (χ0) is 13.8. The zero-order valence-corrected chi connectivity index (χ0v) is 11.9. The number of hydrogen-bond donors (Lipinski definition) is 1. The number of carboxylic acid groups (broad SMARTS) is 1. The third-order valence-electron chi connectivity index (χ3n) is 4.57. The van der Waals surface area contributed by atoms with Crippen LogP contribution in [0, 0.1) is 17.8 Å². The molecule has 1 heterocycles. The van der Waals surface area contributed by atoms with E-state index in [1.807, 2.05) is 12.4 Å². The molecule has 3 unspecified atom stereocenters. The second-order valence-electron chi connectivity index (χ2n) is 5.63. The van der Waals surface area contributed by atoms with Crippen molar-refractivity contribution >= 4 is 5.97 Å². The number of imidazole rings is 1. The fourth-order valence-corrected chi connectivity index (χ4v) is 3.34. The third kappa shape index (κ3) is 3.17. The molecule has 0 bridgehead atoms. The van der Waals surface area contributed by atoms with E-state index in [-0.39, 0.29) is 11.8 Å². The van der Waals surface area contributed by atoms with Gasteiger partial charge in [0.05, 0.1) is 5.92 Å². The summed E-state index contributed by atoms with van der Waals surface area (Å²) in [4.78, 5) is 15.8. The molecule has 3 atom stereocenters. The number of aromatic nitrogens is 2. The van der Waals surface area contributed by atoms with Gasteiger partial charge in [-0.3, -0.25) is 4.79 Å². The minimum atomic E-state index is -0.630. The summed E-state index contributed by atoms with van der Waals surface area (Å²) in [5.41, 5.74) is 0. The minimum absolute atomic E-state index is 0.190. The smallest absolute Gasteiger partial charge is 0.306 e. The van der Waals surface area contributed by atoms with E-state index in [0.29, 0.717) is 5.92 Å². The van der Waals surface area contributed by atoms with Crippen LogP contribution in [0.5, 0.6) is 0 Å². The van der Waals surface area contributed by atoms with Crippen molar-refractivity contribution in [3.05, 3.63) is 18.2 Å². The fraction of sp³-hybridized carbons (Fsp3) is 0.733. The van der Waals surface area contributed by atoms with Crippen LogP contribution in [0.1, 0.15) is 45.4 Å². The molecule has 106 valence electrons. The normalized spacial score (nSPS) is 27.4. The van der Waals surface area contributed by atoms with Crippen molar-refractivity contribution in [2.75, 3.05) is 0 Å². The number of aliphatic carboxylic acids is 1. The maximum Gasteiger partial charge on any atom is 0.306 e. The van der Waals surface area contributed by atoms with Crippen LogP contribution in [0.4, 0.5) is 0 Å². The summed E-state index contributed by atoms with van der Waals surface area (Å²) in [5, 5.41) is 9.40. The van der Waals surface area contributed by atoms with E-state index in [1.54, 1.807) is 0 Å². The molecule has 4 heteroatoms. The van der Waals surface area contributed by atoms with Gasteiger partial charge in [-0.05, 0) is 38.0 Å². The van der Waals surface area contributed by atoms with Crippen LogP contribution in [0.15, 0.2) is 12.4 Å². The lowest BCUT2D eigenvalue weighted by atomic mass is 9.72. The van der Waals surface area contributed by atoms with Crippen molar-refractivity contribution in [3.63, 3.8) is 0 Å². The molecule has 1 fully saturated rings. The first kappa shape index (κ1) is 14.1. The monoisotopic (exact) mass is 264 g/mol. The van der Waals surface area contributed by atoms with Gasteiger partial charge in [0.25, 0.3) is 0 Å². The maximum atomic E-state index is 11.4. The summed E-state index contributed by atoms with van der Waals surface area (Å²) >= 11 is 0. The van der Waals surface area contributed by atoms with Crippen LogP contribution in [-0.2, 0) is 17.8 Å². The zero-order valence-electron chi connectivity index (χ0n) is 11.9. The Morgan fingerprint density at radius 1 is 1.47 bits per heavy atom. The van der Waals surface area contributed by atoms with Crippen molar-refractivity contribution in [1.82, 2.24) is 9.55 Å². The number of carbonyl (C=O) groups is 1. The molecule has 1 aromatic heterocycles. The van der Waals surface area contributed by atoms with Crippen LogP contribution in [-0.4, -0.2) is 20.6 Å². The van der Waals surface area contributed by atoms with Crippen LogP contribution in [0.3, 0.4) is 0 Å². The molecule has 1 N–H and O–H groups in total. The number of hydrogen-bond acceptors (Lipinski definition) is 2. The van der Waals surface area contributed by atoms with Crippen LogP contribution in [0.2, 0.25) is 0 Å². The van der Waals surface area contributed by atoms with Gasteiger partial charge < -0.3 is 9.67 Å². The Morgan fingerprint density at radius 2 is 2.26 bits per heavy atom. The molecule has 0 aromatic carbocycles. The van der Waals surface area contributed by atoms with Crippen molar-refractivity contribution in [2.45, 2.75) is 52.5 Å². The number of carboxylic acids is 1. The summed E-state index contributed by atoms with van der Waals surface area (Å²) in [6.07, 6.45) is 8.67. The summed E-state index contributed by atoms with van der Waals surface area (Å²) in [5.74, 6) is 1.14. The Bertz CT molecular complexity index is 428. The van der Waals surface area contributed by atoms with Gasteiger partial charge >= 0.3 is 5.97 Å². The summed E-state index contributed by atoms with van der Waals surface area (Å²) in [6, 6.07) is 0. The summed E-state index contributed by atoms with van der Waals surface area (Å²) in [6.45, 7) is 5.20. The first-order valence-corrected chi connectivity index (χ1v) is 7.38. The van der Waals surface area contributed by atoms with E-state index >= 15 is 0 Å². The second kappa shape index (κ2) is 6.22. The highest BCUT2D eigenvalue weighted by Gasteiger charge is 2.35. The van der Waals surface area contributed by atoms with Gasteiger partial charge in [0, 0.05) is 25.4 Å². The molecule has 0 saturated heterocycles. The van der Waals surface area contributed by atoms with Gasteiger partial charge in [-0.25, -0.2) is 4.98 Å². The van der Waals surface area contributed by atoms with E-state index in [2.05, 4.69) is 23.4 Å². The molecule has 19 heavy (non-hydrogen) atoms. The van der Waals surface area contributed by atoms with Crippen molar-refractivity contribution in [2.24, 2.45) is 17.8 Å². The van der Waals surface area contributed by atoms with E-state index in [4.69, 9.17) is 0 Å². The third-order valence-corrected chi connectivity index (χ3v) is 4.57. The Kier molecular flexibility index (Phi) is 4.61. The molecule has 0 aliphatic heterocycles. The standard InChI is InChI=1S/C15H24N2O2/c1-3-11-5-6-13(15(18)19)12(9-11)10-14-16-7-8-17(14)4-2/h7-8,11-13H,3-6,9-10H2,1-2H3,(H,18,19). The van der Waals surface area contributed by atoms with Gasteiger partial charge in [0.1, 0.15) is 5.82 Å². The van der Waals surface area contributed by atoms with E-state index < -0.39 is 5.97 Å². The Labute approximate surface area is 114 Å². The van der Waals surface area contributed by atoms with Gasteiger partial charge in [-0.15, -0.1) is 0 Å². The summed E-state index contributed by atoms with van der Waals surface area (Å²) in [7, 11) is 0. The largest absolute Gasteiger partial charge is 0.481 e. The van der Waals surface area contributed by atoms with Crippen molar-refractivity contribution in [1.29, 1.82) is 0 Å². The Hall–Kier alpha value is -1.32. The number of nitrogens with zero attached hydrogens (tertiary/aromatic N) is 2. The lowest BCUT2D eigenvalue weighted by Crippen LogP contribution is -2.32. The highest BCUT2D eigenvalue weighted by molar-refractivity contribution is 5.70. The molecule has 0 spiro atoms. The predicted octanol–water partition coefficient (Wildman–Crippen LogP) is 2.97. The van der Waals surface area contributed by atoms with Crippen molar-refractivity contribution < 1.29 is 9.90 Å². The molecule has 1 aliphatic carbocycles. The molecular formula is C15H24N2O2. The van der Waals surface area contributed by atoms with E-state index in [1.165, 1.54) is 0 Å². The first-order chi connectivity index (χ1) is 9.15. The van der Waals surface area contributed by atoms with Gasteiger partial charge in [0.15, 0.2) is 0 Å². The lowest BCUT2D eigenvalue weighted by molar-refractivity contribution is -0.145. The highest BCUT2D eigenvalue weighted by atomic mass is 16.4. The maximum absolute atomic E-state index is 11.4. The first-order valence-electron chi connectivity index (χ1n) is 7.38. The van der Waals surface area contributed by atoms with Gasteiger partial charge in [-0.1, -0.05) is 13.3 Å². The van der Waals surface area contributed by atoms with Gasteiger partial charge in [-0.2, -0.15) is 0 Å². The Balaban J connectivity index is 2.11. The van der Waals surface area contributed by atoms with Gasteiger partial charge in [0.2, 0.25) is 0 Å². The van der Waals surface area contributed by atoms with E-state index in [0.717, 1.165) is 44.5 Å².